The molecular formula is C20H13N3O3. The molecule has 6 nitrogen and oxygen atoms in total. The monoisotopic (exact) mass is 343 g/mol. The first kappa shape index (κ1) is 15.7. The number of nitrogens with one attached hydrogen (secondary N) is 1. The lowest BCUT2D eigenvalue weighted by atomic mass is 10.1. The summed E-state index contributed by atoms with van der Waals surface area (Å²) in [5, 5.41) is 13.2. The molecular weight excluding hydrogens is 330 g/mol. The number of non-ortho nitro benzene ring substituents is 1. The van der Waals surface area contributed by atoms with Crippen molar-refractivity contribution in [2.75, 3.05) is 0 Å². The zero-order valence-electron chi connectivity index (χ0n) is 13.5. The van der Waals surface area contributed by atoms with Crippen LogP contribution in [0.3, 0.4) is 0 Å². The number of benzene rings is 3. The summed E-state index contributed by atoms with van der Waals surface area (Å²) in [7, 11) is 0. The van der Waals surface area contributed by atoms with Crippen molar-refractivity contribution >= 4 is 39.5 Å². The van der Waals surface area contributed by atoms with Crippen molar-refractivity contribution in [3.05, 3.63) is 92.5 Å². The molecule has 0 saturated heterocycles. The van der Waals surface area contributed by atoms with Gasteiger partial charge in [-0.15, -0.1) is 0 Å². The third kappa shape index (κ3) is 2.95. The van der Waals surface area contributed by atoms with Crippen LogP contribution in [-0.2, 0) is 0 Å². The number of aromatic amines is 1. The van der Waals surface area contributed by atoms with E-state index in [2.05, 4.69) is 9.97 Å². The van der Waals surface area contributed by atoms with Gasteiger partial charge in [0.05, 0.1) is 15.8 Å². The van der Waals surface area contributed by atoms with E-state index in [4.69, 9.17) is 0 Å². The number of nitrogens with zero attached hydrogens (tertiary/aromatic N) is 2. The molecule has 0 aliphatic carbocycles. The van der Waals surface area contributed by atoms with E-state index in [0.717, 1.165) is 16.3 Å². The second-order valence-electron chi connectivity index (χ2n) is 5.85. The summed E-state index contributed by atoms with van der Waals surface area (Å²) in [4.78, 5) is 29.9. The molecule has 0 amide bonds. The van der Waals surface area contributed by atoms with Crippen LogP contribution in [0.25, 0.3) is 33.8 Å². The van der Waals surface area contributed by atoms with Crippen molar-refractivity contribution in [1.82, 2.24) is 9.97 Å². The number of nitro benzene ring substituents is 1. The van der Waals surface area contributed by atoms with E-state index in [1.54, 1.807) is 24.3 Å². The molecule has 0 aliphatic heterocycles. The first-order chi connectivity index (χ1) is 12.6. The highest BCUT2D eigenvalue weighted by molar-refractivity contribution is 5.96. The van der Waals surface area contributed by atoms with Gasteiger partial charge in [-0.1, -0.05) is 30.3 Å². The Labute approximate surface area is 147 Å². The molecule has 0 unspecified atom stereocenters. The standard InChI is InChI=1S/C20H13N3O3/c24-20-17-11-14-3-1-2-4-15(14)12-18(17)21-19(22-20)10-7-13-5-8-16(9-6-13)23(25)26/h1-12H,(H,21,22,24)/b10-7+. The van der Waals surface area contributed by atoms with E-state index in [1.807, 2.05) is 36.4 Å². The van der Waals surface area contributed by atoms with Gasteiger partial charge in [0, 0.05) is 12.1 Å². The predicted molar refractivity (Wildman–Crippen MR) is 102 cm³/mol. The van der Waals surface area contributed by atoms with Gasteiger partial charge in [-0.05, 0) is 46.7 Å². The molecule has 1 aromatic heterocycles. The number of nitro groups is 1. The van der Waals surface area contributed by atoms with E-state index in [-0.39, 0.29) is 11.2 Å². The number of hydrogen-bond acceptors (Lipinski definition) is 4. The minimum absolute atomic E-state index is 0.0336. The van der Waals surface area contributed by atoms with E-state index in [0.29, 0.717) is 16.7 Å². The van der Waals surface area contributed by atoms with Crippen molar-refractivity contribution in [1.29, 1.82) is 0 Å². The van der Waals surface area contributed by atoms with Gasteiger partial charge >= 0.3 is 0 Å². The van der Waals surface area contributed by atoms with E-state index < -0.39 is 4.92 Å². The van der Waals surface area contributed by atoms with Crippen molar-refractivity contribution in [3.63, 3.8) is 0 Å². The predicted octanol–water partition coefficient (Wildman–Crippen LogP) is 4.15. The Balaban J connectivity index is 1.73. The summed E-state index contributed by atoms with van der Waals surface area (Å²) in [6.45, 7) is 0. The summed E-state index contributed by atoms with van der Waals surface area (Å²) in [5.41, 5.74) is 1.23. The zero-order valence-corrected chi connectivity index (χ0v) is 13.5. The maximum atomic E-state index is 12.4. The number of fused-ring (bicyclic) bond motifs is 2. The molecule has 0 atom stereocenters. The van der Waals surface area contributed by atoms with Gasteiger partial charge in [0.2, 0.25) is 0 Å². The summed E-state index contributed by atoms with van der Waals surface area (Å²) in [6.07, 6.45) is 3.42. The molecule has 4 aromatic rings. The molecule has 1 N–H and O–H groups in total. The van der Waals surface area contributed by atoms with Gasteiger partial charge in [0.25, 0.3) is 11.2 Å². The summed E-state index contributed by atoms with van der Waals surface area (Å²) >= 11 is 0. The first-order valence-electron chi connectivity index (χ1n) is 7.95. The fourth-order valence-electron chi connectivity index (χ4n) is 2.81. The van der Waals surface area contributed by atoms with Crippen molar-refractivity contribution in [2.45, 2.75) is 0 Å². The highest BCUT2D eigenvalue weighted by Gasteiger charge is 2.05. The molecule has 1 heterocycles. The minimum atomic E-state index is -0.444. The largest absolute Gasteiger partial charge is 0.306 e. The third-order valence-corrected chi connectivity index (χ3v) is 4.13. The molecule has 0 saturated carbocycles. The summed E-state index contributed by atoms with van der Waals surface area (Å²) < 4.78 is 0. The van der Waals surface area contributed by atoms with Crippen LogP contribution < -0.4 is 5.56 Å². The van der Waals surface area contributed by atoms with Crippen LogP contribution in [0.4, 0.5) is 5.69 Å². The van der Waals surface area contributed by atoms with Gasteiger partial charge in [0.1, 0.15) is 5.82 Å². The Morgan fingerprint density at radius 1 is 0.962 bits per heavy atom. The zero-order chi connectivity index (χ0) is 18.1. The molecule has 3 aromatic carbocycles. The molecule has 0 spiro atoms. The van der Waals surface area contributed by atoms with Gasteiger partial charge in [0.15, 0.2) is 0 Å². The Hall–Kier alpha value is -3.80. The number of hydrogen-bond donors (Lipinski definition) is 1. The van der Waals surface area contributed by atoms with Crippen LogP contribution in [0.15, 0.2) is 65.5 Å². The molecule has 126 valence electrons. The third-order valence-electron chi connectivity index (χ3n) is 4.13. The highest BCUT2D eigenvalue weighted by Crippen LogP contribution is 2.19. The Morgan fingerprint density at radius 3 is 2.35 bits per heavy atom. The summed E-state index contributed by atoms with van der Waals surface area (Å²) in [5.74, 6) is 0.427. The normalized spacial score (nSPS) is 11.4. The van der Waals surface area contributed by atoms with Gasteiger partial charge in [-0.3, -0.25) is 14.9 Å². The number of rotatable bonds is 3. The fourth-order valence-corrected chi connectivity index (χ4v) is 2.81. The second-order valence-corrected chi connectivity index (χ2v) is 5.85. The molecule has 6 heteroatoms. The summed E-state index contributed by atoms with van der Waals surface area (Å²) in [6, 6.07) is 17.7. The number of aromatic nitrogens is 2. The lowest BCUT2D eigenvalue weighted by Gasteiger charge is -2.02. The molecule has 0 aliphatic rings. The maximum absolute atomic E-state index is 12.4. The molecule has 26 heavy (non-hydrogen) atoms. The van der Waals surface area contributed by atoms with Gasteiger partial charge in [-0.2, -0.15) is 0 Å². The van der Waals surface area contributed by atoms with Crippen LogP contribution in [0.2, 0.25) is 0 Å². The smallest absolute Gasteiger partial charge is 0.269 e. The Kier molecular flexibility index (Phi) is 3.78. The van der Waals surface area contributed by atoms with Crippen molar-refractivity contribution in [2.24, 2.45) is 0 Å². The molecule has 0 bridgehead atoms. The Morgan fingerprint density at radius 2 is 1.65 bits per heavy atom. The molecule has 0 fully saturated rings. The lowest BCUT2D eigenvalue weighted by molar-refractivity contribution is -0.384. The van der Waals surface area contributed by atoms with Gasteiger partial charge in [-0.25, -0.2) is 4.98 Å². The lowest BCUT2D eigenvalue weighted by Crippen LogP contribution is -2.09. The average Bonchev–Trinajstić information content (AvgIpc) is 2.65. The highest BCUT2D eigenvalue weighted by atomic mass is 16.6. The van der Waals surface area contributed by atoms with Crippen LogP contribution in [0.5, 0.6) is 0 Å². The first-order valence-corrected chi connectivity index (χ1v) is 7.95. The van der Waals surface area contributed by atoms with Crippen LogP contribution in [-0.4, -0.2) is 14.9 Å². The van der Waals surface area contributed by atoms with E-state index in [9.17, 15) is 14.9 Å². The number of H-pyrrole nitrogens is 1. The van der Waals surface area contributed by atoms with Crippen molar-refractivity contribution in [3.8, 4) is 0 Å². The molecule has 0 radical (unpaired) electrons. The van der Waals surface area contributed by atoms with E-state index in [1.165, 1.54) is 12.1 Å². The van der Waals surface area contributed by atoms with E-state index >= 15 is 0 Å². The van der Waals surface area contributed by atoms with Gasteiger partial charge < -0.3 is 4.98 Å². The maximum Gasteiger partial charge on any atom is 0.269 e. The average molecular weight is 343 g/mol. The SMILES string of the molecule is O=c1[nH]c(/C=C/c2ccc([N+](=O)[O-])cc2)nc2cc3ccccc3cc12. The van der Waals surface area contributed by atoms with Crippen LogP contribution in [0.1, 0.15) is 11.4 Å². The van der Waals surface area contributed by atoms with Crippen LogP contribution in [0, 0.1) is 10.1 Å². The topological polar surface area (TPSA) is 88.9 Å². The van der Waals surface area contributed by atoms with Crippen LogP contribution >= 0.6 is 0 Å². The molecule has 4 rings (SSSR count). The van der Waals surface area contributed by atoms with Crippen molar-refractivity contribution < 1.29 is 4.92 Å². The fraction of sp³-hybridized carbons (Fsp3) is 0. The Bertz CT molecular complexity index is 1220. The minimum Gasteiger partial charge on any atom is -0.306 e. The quantitative estimate of drug-likeness (QED) is 0.344. The second kappa shape index (κ2) is 6.25.